The predicted molar refractivity (Wildman–Crippen MR) is 73.3 cm³/mol. The summed E-state index contributed by atoms with van der Waals surface area (Å²) in [6.07, 6.45) is 3.48. The zero-order valence-corrected chi connectivity index (χ0v) is 12.0. The van der Waals surface area contributed by atoms with Crippen molar-refractivity contribution in [2.45, 2.75) is 45.7 Å². The summed E-state index contributed by atoms with van der Waals surface area (Å²) in [6, 6.07) is 0.545. The summed E-state index contributed by atoms with van der Waals surface area (Å²) in [5, 5.41) is 4.28. The molecule has 108 valence electrons. The molecule has 0 amide bonds. The van der Waals surface area contributed by atoms with E-state index in [0.29, 0.717) is 17.9 Å². The van der Waals surface area contributed by atoms with Crippen molar-refractivity contribution in [2.75, 3.05) is 13.2 Å². The minimum Gasteiger partial charge on any atom is -0.381 e. The number of hydrogen-bond acceptors (Lipinski definition) is 5. The van der Waals surface area contributed by atoms with Crippen LogP contribution < -0.4 is 11.3 Å². The molecule has 1 aliphatic rings. The Balaban J connectivity index is 2.07. The molecule has 0 saturated carbocycles. The smallest absolute Gasteiger partial charge is 0.138 e. The number of hydrazine groups is 1. The Morgan fingerprint density at radius 1 is 1.58 bits per heavy atom. The van der Waals surface area contributed by atoms with Gasteiger partial charge in [0, 0.05) is 31.7 Å². The minimum absolute atomic E-state index is 0.223. The van der Waals surface area contributed by atoms with Gasteiger partial charge in [0.25, 0.3) is 0 Å². The number of aromatic nitrogens is 3. The summed E-state index contributed by atoms with van der Waals surface area (Å²) in [4.78, 5) is 4.37. The number of nitrogens with one attached hydrogen (secondary N) is 1. The van der Waals surface area contributed by atoms with Crippen LogP contribution in [0, 0.1) is 11.8 Å². The summed E-state index contributed by atoms with van der Waals surface area (Å²) in [5.74, 6) is 7.80. The van der Waals surface area contributed by atoms with E-state index in [1.807, 2.05) is 4.68 Å². The van der Waals surface area contributed by atoms with Crippen LogP contribution in [0.3, 0.4) is 0 Å². The molecular formula is C13H25N5O. The number of nitrogens with zero attached hydrogens (tertiary/aromatic N) is 3. The van der Waals surface area contributed by atoms with Crippen molar-refractivity contribution in [3.05, 3.63) is 12.2 Å². The maximum Gasteiger partial charge on any atom is 0.138 e. The van der Waals surface area contributed by atoms with Crippen LogP contribution in [0.1, 0.15) is 39.1 Å². The molecule has 0 bridgehead atoms. The van der Waals surface area contributed by atoms with Crippen molar-refractivity contribution in [1.82, 2.24) is 20.2 Å². The lowest BCUT2D eigenvalue weighted by Crippen LogP contribution is -2.47. The fourth-order valence-corrected chi connectivity index (χ4v) is 2.88. The fraction of sp³-hybridized carbons (Fsp3) is 0.846. The van der Waals surface area contributed by atoms with Crippen molar-refractivity contribution in [2.24, 2.45) is 17.7 Å². The second-order valence-electron chi connectivity index (χ2n) is 5.70. The third-order valence-electron chi connectivity index (χ3n) is 3.98. The SMILES string of the molecule is CC1COCCC1C(Cc1ncnn1C(C)C)NN. The molecule has 1 aliphatic heterocycles. The minimum atomic E-state index is 0.223. The first-order valence-electron chi connectivity index (χ1n) is 7.05. The first-order valence-corrected chi connectivity index (χ1v) is 7.05. The Hall–Kier alpha value is -0.980. The van der Waals surface area contributed by atoms with E-state index in [2.05, 4.69) is 36.3 Å². The van der Waals surface area contributed by atoms with Gasteiger partial charge in [0.2, 0.25) is 0 Å². The first-order chi connectivity index (χ1) is 9.13. The van der Waals surface area contributed by atoms with Gasteiger partial charge in [0.1, 0.15) is 12.2 Å². The molecule has 1 aromatic heterocycles. The molecule has 2 rings (SSSR count). The Kier molecular flexibility index (Phi) is 4.90. The molecule has 3 N–H and O–H groups in total. The third kappa shape index (κ3) is 3.32. The van der Waals surface area contributed by atoms with Crippen LogP contribution in [0.2, 0.25) is 0 Å². The highest BCUT2D eigenvalue weighted by Crippen LogP contribution is 2.26. The van der Waals surface area contributed by atoms with Crippen molar-refractivity contribution in [3.63, 3.8) is 0 Å². The highest BCUT2D eigenvalue weighted by Gasteiger charge is 2.30. The van der Waals surface area contributed by atoms with Gasteiger partial charge in [-0.1, -0.05) is 6.92 Å². The van der Waals surface area contributed by atoms with Gasteiger partial charge in [-0.3, -0.25) is 11.3 Å². The van der Waals surface area contributed by atoms with E-state index in [4.69, 9.17) is 10.6 Å². The summed E-state index contributed by atoms with van der Waals surface area (Å²) < 4.78 is 7.47. The number of nitrogens with two attached hydrogens (primary N) is 1. The van der Waals surface area contributed by atoms with Crippen LogP contribution >= 0.6 is 0 Å². The van der Waals surface area contributed by atoms with Gasteiger partial charge in [-0.2, -0.15) is 5.10 Å². The molecule has 6 nitrogen and oxygen atoms in total. The highest BCUT2D eigenvalue weighted by molar-refractivity contribution is 4.94. The van der Waals surface area contributed by atoms with E-state index in [1.165, 1.54) is 0 Å². The van der Waals surface area contributed by atoms with Gasteiger partial charge < -0.3 is 4.74 Å². The molecule has 19 heavy (non-hydrogen) atoms. The molecule has 3 unspecified atom stereocenters. The van der Waals surface area contributed by atoms with E-state index in [0.717, 1.165) is 31.9 Å². The first kappa shape index (κ1) is 14.4. The van der Waals surface area contributed by atoms with E-state index >= 15 is 0 Å². The summed E-state index contributed by atoms with van der Waals surface area (Å²) >= 11 is 0. The molecule has 0 aromatic carbocycles. The number of hydrogen-bond donors (Lipinski definition) is 2. The molecule has 2 heterocycles. The van der Waals surface area contributed by atoms with Crippen molar-refractivity contribution < 1.29 is 4.74 Å². The van der Waals surface area contributed by atoms with Gasteiger partial charge in [0.15, 0.2) is 0 Å². The van der Waals surface area contributed by atoms with Crippen LogP contribution in [-0.2, 0) is 11.2 Å². The molecule has 6 heteroatoms. The average Bonchev–Trinajstić information content (AvgIpc) is 2.85. The molecule has 0 radical (unpaired) electrons. The maximum atomic E-state index is 5.76. The fourth-order valence-electron chi connectivity index (χ4n) is 2.88. The lowest BCUT2D eigenvalue weighted by Gasteiger charge is -2.34. The van der Waals surface area contributed by atoms with E-state index in [-0.39, 0.29) is 6.04 Å². The van der Waals surface area contributed by atoms with E-state index < -0.39 is 0 Å². The van der Waals surface area contributed by atoms with Crippen molar-refractivity contribution in [1.29, 1.82) is 0 Å². The Bertz CT molecular complexity index is 392. The molecule has 1 fully saturated rings. The molecule has 1 aromatic rings. The second-order valence-corrected chi connectivity index (χ2v) is 5.70. The summed E-state index contributed by atoms with van der Waals surface area (Å²) in [7, 11) is 0. The second kappa shape index (κ2) is 6.45. The normalized spacial score (nSPS) is 25.7. The van der Waals surface area contributed by atoms with Crippen molar-refractivity contribution in [3.8, 4) is 0 Å². The average molecular weight is 267 g/mol. The molecule has 0 spiro atoms. The molecular weight excluding hydrogens is 242 g/mol. The van der Waals surface area contributed by atoms with Crippen LogP contribution in [0.4, 0.5) is 0 Å². The van der Waals surface area contributed by atoms with Gasteiger partial charge in [-0.25, -0.2) is 9.67 Å². The van der Waals surface area contributed by atoms with E-state index in [1.54, 1.807) is 6.33 Å². The van der Waals surface area contributed by atoms with Gasteiger partial charge >= 0.3 is 0 Å². The highest BCUT2D eigenvalue weighted by atomic mass is 16.5. The monoisotopic (exact) mass is 267 g/mol. The third-order valence-corrected chi connectivity index (χ3v) is 3.98. The van der Waals surface area contributed by atoms with Crippen LogP contribution in [0.5, 0.6) is 0 Å². The lowest BCUT2D eigenvalue weighted by molar-refractivity contribution is 0.0105. The summed E-state index contributed by atoms with van der Waals surface area (Å²) in [6.45, 7) is 8.09. The zero-order chi connectivity index (χ0) is 13.8. The Morgan fingerprint density at radius 2 is 2.37 bits per heavy atom. The van der Waals surface area contributed by atoms with Gasteiger partial charge in [-0.05, 0) is 32.1 Å². The molecule has 0 aliphatic carbocycles. The largest absolute Gasteiger partial charge is 0.381 e. The standard InChI is InChI=1S/C13H25N5O/c1-9(2)18-13(15-8-16-18)6-12(17-14)11-4-5-19-7-10(11)3/h8-12,17H,4-7,14H2,1-3H3. The van der Waals surface area contributed by atoms with Gasteiger partial charge in [-0.15, -0.1) is 0 Å². The number of rotatable bonds is 5. The van der Waals surface area contributed by atoms with Crippen molar-refractivity contribution >= 4 is 0 Å². The van der Waals surface area contributed by atoms with Crippen LogP contribution in [0.25, 0.3) is 0 Å². The Labute approximate surface area is 114 Å². The molecule has 3 atom stereocenters. The van der Waals surface area contributed by atoms with E-state index in [9.17, 15) is 0 Å². The predicted octanol–water partition coefficient (Wildman–Crippen LogP) is 0.906. The van der Waals surface area contributed by atoms with Crippen LogP contribution in [0.15, 0.2) is 6.33 Å². The van der Waals surface area contributed by atoms with Gasteiger partial charge in [0.05, 0.1) is 0 Å². The topological polar surface area (TPSA) is 78.0 Å². The molecule has 1 saturated heterocycles. The van der Waals surface area contributed by atoms with Crippen LogP contribution in [-0.4, -0.2) is 34.0 Å². The lowest BCUT2D eigenvalue weighted by atomic mass is 9.82. The quantitative estimate of drug-likeness (QED) is 0.612. The Morgan fingerprint density at radius 3 is 3.00 bits per heavy atom. The number of ether oxygens (including phenoxy) is 1. The zero-order valence-electron chi connectivity index (χ0n) is 12.0. The maximum absolute atomic E-state index is 5.76. The summed E-state index contributed by atoms with van der Waals surface area (Å²) in [5.41, 5.74) is 2.97.